The fourth-order valence-electron chi connectivity index (χ4n) is 1.43. The molecule has 0 heterocycles. The lowest BCUT2D eigenvalue weighted by molar-refractivity contribution is 0.625. The van der Waals surface area contributed by atoms with Gasteiger partial charge in [0.25, 0.3) is 0 Å². The first-order chi connectivity index (χ1) is 5.16. The fraction of sp³-hybridized carbons (Fsp3) is 0.750. The van der Waals surface area contributed by atoms with Gasteiger partial charge in [0.1, 0.15) is 0 Å². The van der Waals surface area contributed by atoms with Crippen molar-refractivity contribution in [3.63, 3.8) is 0 Å². The summed E-state index contributed by atoms with van der Waals surface area (Å²) >= 11 is 0.623. The SMILES string of the molecule is C=C(S[O-])[Si](CC)(CC)CC. The summed E-state index contributed by atoms with van der Waals surface area (Å²) in [5.74, 6) is 0. The van der Waals surface area contributed by atoms with Gasteiger partial charge in [-0.15, -0.1) is 0 Å². The van der Waals surface area contributed by atoms with Crippen LogP contribution in [-0.2, 0) is 0 Å². The molecule has 0 aliphatic carbocycles. The Labute approximate surface area is 75.1 Å². The van der Waals surface area contributed by atoms with Crippen molar-refractivity contribution in [2.24, 2.45) is 0 Å². The molecule has 11 heavy (non-hydrogen) atoms. The molecule has 0 fully saturated rings. The summed E-state index contributed by atoms with van der Waals surface area (Å²) in [6, 6.07) is 3.48. The molecule has 0 aromatic carbocycles. The summed E-state index contributed by atoms with van der Waals surface area (Å²) in [5, 5.41) is 0. The first-order valence-corrected chi connectivity index (χ1v) is 7.52. The van der Waals surface area contributed by atoms with Gasteiger partial charge in [0.2, 0.25) is 0 Å². The molecule has 0 radical (unpaired) electrons. The summed E-state index contributed by atoms with van der Waals surface area (Å²) < 4.78 is 11.5. The third kappa shape index (κ3) is 2.35. The van der Waals surface area contributed by atoms with E-state index in [2.05, 4.69) is 27.4 Å². The first kappa shape index (κ1) is 11.3. The normalized spacial score (nSPS) is 11.6. The summed E-state index contributed by atoms with van der Waals surface area (Å²) in [6.45, 7) is 10.4. The van der Waals surface area contributed by atoms with E-state index in [1.807, 2.05) is 0 Å². The van der Waals surface area contributed by atoms with Crippen LogP contribution >= 0.6 is 12.0 Å². The third-order valence-electron chi connectivity index (χ3n) is 2.72. The zero-order chi connectivity index (χ0) is 8.91. The monoisotopic (exact) mass is 189 g/mol. The second kappa shape index (κ2) is 5.01. The predicted octanol–water partition coefficient (Wildman–Crippen LogP) is 3.41. The molecular formula is C8H17OSSi-. The molecule has 0 bridgehead atoms. The van der Waals surface area contributed by atoms with E-state index in [4.69, 9.17) is 0 Å². The number of rotatable bonds is 5. The van der Waals surface area contributed by atoms with E-state index in [0.29, 0.717) is 12.0 Å². The lowest BCUT2D eigenvalue weighted by Gasteiger charge is -2.31. The van der Waals surface area contributed by atoms with Crippen LogP contribution < -0.4 is 0 Å². The van der Waals surface area contributed by atoms with Crippen molar-refractivity contribution in [2.75, 3.05) is 0 Å². The highest BCUT2D eigenvalue weighted by molar-refractivity contribution is 8.00. The molecule has 0 aromatic heterocycles. The Balaban J connectivity index is 4.39. The van der Waals surface area contributed by atoms with Crippen molar-refractivity contribution in [2.45, 2.75) is 38.9 Å². The fourth-order valence-corrected chi connectivity index (χ4v) is 6.12. The van der Waals surface area contributed by atoms with E-state index in [0.717, 1.165) is 22.7 Å². The van der Waals surface area contributed by atoms with Gasteiger partial charge >= 0.3 is 0 Å². The van der Waals surface area contributed by atoms with Crippen molar-refractivity contribution in [1.29, 1.82) is 0 Å². The molecule has 1 nitrogen and oxygen atoms in total. The van der Waals surface area contributed by atoms with Crippen LogP contribution in [0.5, 0.6) is 0 Å². The Morgan fingerprint density at radius 2 is 1.64 bits per heavy atom. The van der Waals surface area contributed by atoms with Crippen molar-refractivity contribution >= 4 is 20.1 Å². The van der Waals surface area contributed by atoms with E-state index in [1.54, 1.807) is 0 Å². The molecule has 0 spiro atoms. The van der Waals surface area contributed by atoms with Crippen LogP contribution in [0.1, 0.15) is 20.8 Å². The minimum atomic E-state index is -1.36. The van der Waals surface area contributed by atoms with Crippen molar-refractivity contribution < 1.29 is 4.55 Å². The average Bonchev–Trinajstić information content (AvgIpc) is 2.08. The van der Waals surface area contributed by atoms with Gasteiger partial charge in [-0.05, 0) is 4.53 Å². The third-order valence-corrected chi connectivity index (χ3v) is 9.72. The summed E-state index contributed by atoms with van der Waals surface area (Å²) in [5.41, 5.74) is 0. The van der Waals surface area contributed by atoms with Gasteiger partial charge in [-0.3, -0.25) is 0 Å². The number of hydrogen-bond donors (Lipinski definition) is 0. The van der Waals surface area contributed by atoms with Gasteiger partial charge in [-0.1, -0.05) is 45.5 Å². The predicted molar refractivity (Wildman–Crippen MR) is 54.7 cm³/mol. The van der Waals surface area contributed by atoms with E-state index >= 15 is 0 Å². The lowest BCUT2D eigenvalue weighted by Crippen LogP contribution is -2.32. The van der Waals surface area contributed by atoms with Crippen LogP contribution in [0, 0.1) is 0 Å². The van der Waals surface area contributed by atoms with Crippen LogP contribution in [0.4, 0.5) is 0 Å². The van der Waals surface area contributed by atoms with Gasteiger partial charge in [0.05, 0.1) is 8.07 Å². The van der Waals surface area contributed by atoms with Crippen molar-refractivity contribution in [3.8, 4) is 0 Å². The van der Waals surface area contributed by atoms with E-state index in [-0.39, 0.29) is 0 Å². The maximum atomic E-state index is 10.6. The molecule has 0 rings (SSSR count). The highest BCUT2D eigenvalue weighted by Crippen LogP contribution is 2.32. The van der Waals surface area contributed by atoms with Gasteiger partial charge < -0.3 is 4.55 Å². The summed E-state index contributed by atoms with van der Waals surface area (Å²) in [7, 11) is -1.36. The van der Waals surface area contributed by atoms with E-state index in [9.17, 15) is 4.55 Å². The topological polar surface area (TPSA) is 23.1 Å². The first-order valence-electron chi connectivity index (χ1n) is 4.16. The molecule has 0 saturated heterocycles. The molecule has 66 valence electrons. The molecule has 0 atom stereocenters. The zero-order valence-electron chi connectivity index (χ0n) is 7.64. The zero-order valence-corrected chi connectivity index (χ0v) is 9.46. The molecule has 0 saturated carbocycles. The molecule has 0 N–H and O–H groups in total. The van der Waals surface area contributed by atoms with Gasteiger partial charge in [-0.2, -0.15) is 0 Å². The van der Waals surface area contributed by atoms with Crippen molar-refractivity contribution in [1.82, 2.24) is 0 Å². The Hall–Kier alpha value is 0.267. The van der Waals surface area contributed by atoms with E-state index in [1.165, 1.54) is 0 Å². The summed E-state index contributed by atoms with van der Waals surface area (Å²) in [6.07, 6.45) is 0. The van der Waals surface area contributed by atoms with Crippen LogP contribution in [0.15, 0.2) is 11.1 Å². The molecule has 3 heteroatoms. The maximum absolute atomic E-state index is 10.6. The molecule has 0 amide bonds. The van der Waals surface area contributed by atoms with E-state index < -0.39 is 8.07 Å². The molecule has 0 aromatic rings. The second-order valence-corrected chi connectivity index (χ2v) is 9.15. The highest BCUT2D eigenvalue weighted by Gasteiger charge is 2.28. The maximum Gasteiger partial charge on any atom is 0.0917 e. The van der Waals surface area contributed by atoms with Crippen molar-refractivity contribution in [3.05, 3.63) is 11.1 Å². The minimum absolute atomic E-state index is 0.623. The molecule has 0 unspecified atom stereocenters. The van der Waals surface area contributed by atoms with Crippen LogP contribution in [-0.4, -0.2) is 12.6 Å². The Morgan fingerprint density at radius 3 is 1.73 bits per heavy atom. The van der Waals surface area contributed by atoms with Crippen LogP contribution in [0.3, 0.4) is 0 Å². The second-order valence-electron chi connectivity index (χ2n) is 2.85. The Bertz CT molecular complexity index is 124. The lowest BCUT2D eigenvalue weighted by atomic mass is 10.9. The quantitative estimate of drug-likeness (QED) is 0.488. The standard InChI is InChI=1S/C8H18OSSi/c1-5-11(6-2,7-3)8(4)10-9/h9H,4-7H2,1-3H3/p-1. The Morgan fingerprint density at radius 1 is 1.27 bits per heavy atom. The minimum Gasteiger partial charge on any atom is -0.796 e. The number of hydrogen-bond acceptors (Lipinski definition) is 2. The van der Waals surface area contributed by atoms with Crippen LogP contribution in [0.25, 0.3) is 0 Å². The molecule has 0 aliphatic rings. The largest absolute Gasteiger partial charge is 0.796 e. The highest BCUT2D eigenvalue weighted by atomic mass is 32.2. The van der Waals surface area contributed by atoms with Gasteiger partial charge in [0.15, 0.2) is 0 Å². The van der Waals surface area contributed by atoms with Crippen LogP contribution in [0.2, 0.25) is 18.1 Å². The summed E-state index contributed by atoms with van der Waals surface area (Å²) in [4.78, 5) is 0. The smallest absolute Gasteiger partial charge is 0.0917 e. The molecular weight excluding hydrogens is 172 g/mol. The Kier molecular flexibility index (Phi) is 5.13. The average molecular weight is 189 g/mol. The van der Waals surface area contributed by atoms with Gasteiger partial charge in [-0.25, -0.2) is 12.0 Å². The molecule has 0 aliphatic heterocycles. The van der Waals surface area contributed by atoms with Gasteiger partial charge in [0, 0.05) is 0 Å².